The molecule has 1 saturated heterocycles. The van der Waals surface area contributed by atoms with Crippen molar-refractivity contribution in [2.75, 3.05) is 31.2 Å². The first-order valence-electron chi connectivity index (χ1n) is 9.54. The van der Waals surface area contributed by atoms with E-state index in [0.717, 1.165) is 48.5 Å². The third-order valence-corrected chi connectivity index (χ3v) is 5.49. The van der Waals surface area contributed by atoms with Crippen LogP contribution in [0.2, 0.25) is 0 Å². The Labute approximate surface area is 168 Å². The molecule has 0 N–H and O–H groups in total. The normalized spacial score (nSPS) is 14.6. The molecule has 28 heavy (non-hydrogen) atoms. The van der Waals surface area contributed by atoms with Crippen LogP contribution in [0.1, 0.15) is 30.6 Å². The summed E-state index contributed by atoms with van der Waals surface area (Å²) in [5.74, 6) is 2.77. The number of hydrogen-bond acceptors (Lipinski definition) is 8. The number of anilines is 1. The van der Waals surface area contributed by atoms with Gasteiger partial charge in [0.1, 0.15) is 0 Å². The summed E-state index contributed by atoms with van der Waals surface area (Å²) in [6.45, 7) is 7.21. The van der Waals surface area contributed by atoms with Crippen LogP contribution in [0.3, 0.4) is 0 Å². The molecular weight excluding hydrogens is 376 g/mol. The molecule has 2 aromatic heterocycles. The Morgan fingerprint density at radius 3 is 2.75 bits per heavy atom. The van der Waals surface area contributed by atoms with Crippen molar-refractivity contribution in [3.63, 3.8) is 0 Å². The predicted octanol–water partition coefficient (Wildman–Crippen LogP) is 3.04. The zero-order valence-corrected chi connectivity index (χ0v) is 17.0. The summed E-state index contributed by atoms with van der Waals surface area (Å²) < 4.78 is 13.0. The maximum Gasteiger partial charge on any atom is 0.237 e. The lowest BCUT2D eigenvalue weighted by molar-refractivity contribution is 0.122. The molecule has 1 aliphatic heterocycles. The number of hydrogen-bond donors (Lipinski definition) is 0. The molecule has 0 amide bonds. The van der Waals surface area contributed by atoms with Gasteiger partial charge >= 0.3 is 0 Å². The Morgan fingerprint density at radius 2 is 1.96 bits per heavy atom. The molecule has 0 saturated carbocycles. The molecule has 1 fully saturated rings. The van der Waals surface area contributed by atoms with E-state index in [1.807, 2.05) is 12.1 Å². The summed E-state index contributed by atoms with van der Waals surface area (Å²) in [6, 6.07) is 8.27. The first-order chi connectivity index (χ1) is 13.8. The fraction of sp³-hybridized carbons (Fsp3) is 0.474. The number of para-hydroxylation sites is 1. The molecule has 4 rings (SSSR count). The minimum absolute atomic E-state index is 0.559. The molecule has 3 heterocycles. The Morgan fingerprint density at radius 1 is 1.14 bits per heavy atom. The van der Waals surface area contributed by atoms with Gasteiger partial charge in [-0.15, -0.1) is 10.2 Å². The molecule has 0 radical (unpaired) electrons. The van der Waals surface area contributed by atoms with Crippen molar-refractivity contribution in [2.45, 2.75) is 37.6 Å². The predicted molar refractivity (Wildman–Crippen MR) is 107 cm³/mol. The van der Waals surface area contributed by atoms with Gasteiger partial charge in [0.05, 0.1) is 24.7 Å². The SMILES string of the molecule is CCCc1noc(CSc2nnc(N3CCOCC3)n2-c2ccccc2C)n1. The molecule has 148 valence electrons. The van der Waals surface area contributed by atoms with Crippen molar-refractivity contribution >= 4 is 17.7 Å². The molecule has 0 bridgehead atoms. The van der Waals surface area contributed by atoms with E-state index in [-0.39, 0.29) is 0 Å². The molecule has 0 aliphatic carbocycles. The van der Waals surface area contributed by atoms with Crippen LogP contribution in [0.25, 0.3) is 5.69 Å². The minimum Gasteiger partial charge on any atom is -0.378 e. The summed E-state index contributed by atoms with van der Waals surface area (Å²) in [4.78, 5) is 6.67. The first kappa shape index (κ1) is 18.9. The van der Waals surface area contributed by atoms with Crippen molar-refractivity contribution < 1.29 is 9.26 Å². The lowest BCUT2D eigenvalue weighted by atomic mass is 10.2. The van der Waals surface area contributed by atoms with Crippen molar-refractivity contribution in [3.8, 4) is 5.69 Å². The van der Waals surface area contributed by atoms with Gasteiger partial charge in [-0.25, -0.2) is 0 Å². The summed E-state index contributed by atoms with van der Waals surface area (Å²) in [5, 5.41) is 13.8. The molecule has 0 unspecified atom stereocenters. The Hall–Kier alpha value is -2.39. The standard InChI is InChI=1S/C19H24N6O2S/c1-3-6-16-20-17(27-23-16)13-28-19-22-21-18(24-9-11-26-12-10-24)25(19)15-8-5-4-7-14(15)2/h4-5,7-8H,3,6,9-13H2,1-2H3. The number of nitrogens with zero attached hydrogens (tertiary/aromatic N) is 6. The third-order valence-electron chi connectivity index (χ3n) is 4.58. The van der Waals surface area contributed by atoms with Gasteiger partial charge in [0.25, 0.3) is 0 Å². The van der Waals surface area contributed by atoms with Crippen molar-refractivity contribution in [2.24, 2.45) is 0 Å². The van der Waals surface area contributed by atoms with E-state index in [2.05, 4.69) is 55.8 Å². The largest absolute Gasteiger partial charge is 0.378 e. The zero-order chi connectivity index (χ0) is 19.3. The van der Waals surface area contributed by atoms with Gasteiger partial charge in [-0.1, -0.05) is 42.0 Å². The number of morpholine rings is 1. The number of thioether (sulfide) groups is 1. The Kier molecular flexibility index (Phi) is 5.92. The van der Waals surface area contributed by atoms with E-state index in [4.69, 9.17) is 9.26 Å². The van der Waals surface area contributed by atoms with Crippen LogP contribution in [0.4, 0.5) is 5.95 Å². The molecule has 3 aromatic rings. The number of benzene rings is 1. The van der Waals surface area contributed by atoms with E-state index in [9.17, 15) is 0 Å². The topological polar surface area (TPSA) is 82.1 Å². The lowest BCUT2D eigenvalue weighted by Crippen LogP contribution is -2.38. The number of ether oxygens (including phenoxy) is 1. The van der Waals surface area contributed by atoms with Crippen molar-refractivity contribution in [1.29, 1.82) is 0 Å². The van der Waals surface area contributed by atoms with Gasteiger partial charge in [-0.2, -0.15) is 4.98 Å². The van der Waals surface area contributed by atoms with Crippen LogP contribution in [-0.4, -0.2) is 51.2 Å². The molecule has 8 nitrogen and oxygen atoms in total. The smallest absolute Gasteiger partial charge is 0.237 e. The summed E-state index contributed by atoms with van der Waals surface area (Å²) in [6.07, 6.45) is 1.82. The fourth-order valence-electron chi connectivity index (χ4n) is 3.15. The van der Waals surface area contributed by atoms with E-state index in [1.54, 1.807) is 11.8 Å². The van der Waals surface area contributed by atoms with Crippen LogP contribution < -0.4 is 4.90 Å². The second kappa shape index (κ2) is 8.74. The van der Waals surface area contributed by atoms with Gasteiger partial charge in [0.15, 0.2) is 11.0 Å². The fourth-order valence-corrected chi connectivity index (χ4v) is 3.93. The van der Waals surface area contributed by atoms with E-state index in [1.165, 1.54) is 5.56 Å². The third kappa shape index (κ3) is 4.05. The highest BCUT2D eigenvalue weighted by Crippen LogP contribution is 2.30. The molecule has 9 heteroatoms. The molecular formula is C19H24N6O2S. The number of aryl methyl sites for hydroxylation is 2. The maximum atomic E-state index is 5.49. The summed E-state index contributed by atoms with van der Waals surface area (Å²) in [5.41, 5.74) is 2.25. The summed E-state index contributed by atoms with van der Waals surface area (Å²) >= 11 is 1.56. The Balaban J connectivity index is 1.62. The monoisotopic (exact) mass is 400 g/mol. The van der Waals surface area contributed by atoms with Crippen molar-refractivity contribution in [3.05, 3.63) is 41.5 Å². The van der Waals surface area contributed by atoms with Gasteiger partial charge in [-0.3, -0.25) is 4.57 Å². The Bertz CT molecular complexity index is 919. The lowest BCUT2D eigenvalue weighted by Gasteiger charge is -2.28. The van der Waals surface area contributed by atoms with Gasteiger partial charge in [-0.05, 0) is 25.0 Å². The zero-order valence-electron chi connectivity index (χ0n) is 16.2. The second-order valence-electron chi connectivity index (χ2n) is 6.65. The molecule has 1 aliphatic rings. The van der Waals surface area contributed by atoms with E-state index >= 15 is 0 Å². The molecule has 0 atom stereocenters. The highest BCUT2D eigenvalue weighted by atomic mass is 32.2. The minimum atomic E-state index is 0.559. The van der Waals surface area contributed by atoms with Crippen LogP contribution in [0.15, 0.2) is 33.9 Å². The van der Waals surface area contributed by atoms with Crippen LogP contribution >= 0.6 is 11.8 Å². The number of rotatable bonds is 7. The van der Waals surface area contributed by atoms with Gasteiger partial charge in [0, 0.05) is 19.5 Å². The van der Waals surface area contributed by atoms with Gasteiger partial charge < -0.3 is 14.2 Å². The average molecular weight is 401 g/mol. The second-order valence-corrected chi connectivity index (χ2v) is 7.59. The highest BCUT2D eigenvalue weighted by molar-refractivity contribution is 7.98. The van der Waals surface area contributed by atoms with E-state index in [0.29, 0.717) is 24.9 Å². The van der Waals surface area contributed by atoms with Crippen molar-refractivity contribution in [1.82, 2.24) is 24.9 Å². The molecule has 1 aromatic carbocycles. The molecule has 0 spiro atoms. The first-order valence-corrected chi connectivity index (χ1v) is 10.5. The van der Waals surface area contributed by atoms with Crippen LogP contribution in [0.5, 0.6) is 0 Å². The quantitative estimate of drug-likeness (QED) is 0.560. The van der Waals surface area contributed by atoms with E-state index < -0.39 is 0 Å². The highest BCUT2D eigenvalue weighted by Gasteiger charge is 2.23. The summed E-state index contributed by atoms with van der Waals surface area (Å²) in [7, 11) is 0. The maximum absolute atomic E-state index is 5.49. The van der Waals surface area contributed by atoms with Crippen LogP contribution in [0, 0.1) is 6.92 Å². The van der Waals surface area contributed by atoms with Crippen LogP contribution in [-0.2, 0) is 16.9 Å². The average Bonchev–Trinajstić information content (AvgIpc) is 3.34. The number of aromatic nitrogens is 5. The van der Waals surface area contributed by atoms with Gasteiger partial charge in [0.2, 0.25) is 11.8 Å².